The van der Waals surface area contributed by atoms with Crippen LogP contribution in [0.3, 0.4) is 0 Å². The molecule has 1 aliphatic rings. The summed E-state index contributed by atoms with van der Waals surface area (Å²) in [5, 5.41) is 0.440. The second-order valence-corrected chi connectivity index (χ2v) is 6.79. The summed E-state index contributed by atoms with van der Waals surface area (Å²) in [6.45, 7) is 4.42. The van der Waals surface area contributed by atoms with Gasteiger partial charge in [0.2, 0.25) is 0 Å². The topological polar surface area (TPSA) is 76.7 Å². The van der Waals surface area contributed by atoms with Gasteiger partial charge in [-0.25, -0.2) is 0 Å². The number of amides is 2. The molecule has 28 heavy (non-hydrogen) atoms. The molecular formula is C21H21ClN2O4. The Kier molecular flexibility index (Phi) is 6.21. The van der Waals surface area contributed by atoms with E-state index >= 15 is 0 Å². The second kappa shape index (κ2) is 8.80. The van der Waals surface area contributed by atoms with Crippen LogP contribution in [0.2, 0.25) is 5.02 Å². The lowest BCUT2D eigenvalue weighted by atomic mass is 10.1. The number of nitrogens with one attached hydrogen (secondary N) is 2. The quantitative estimate of drug-likeness (QED) is 0.594. The van der Waals surface area contributed by atoms with E-state index in [1.165, 1.54) is 12.1 Å². The molecule has 0 unspecified atom stereocenters. The third-order valence-electron chi connectivity index (χ3n) is 4.13. The molecule has 2 aromatic rings. The molecule has 0 bridgehead atoms. The Morgan fingerprint density at radius 3 is 2.86 bits per heavy atom. The number of ether oxygens (including phenoxy) is 2. The Balaban J connectivity index is 1.65. The standard InChI is InChI=1S/C21H21ClN2O4/c1-3-27-18-12-16-9-13(2)28-19(16)11-14(18)7-8-20(25)23-24-21(26)15-5-4-6-17(22)10-15/h4-8,10-13H,3,9H2,1-2H3,(H,23,25)(H,24,26)/b8-7+/t13-/m1/s1. The van der Waals surface area contributed by atoms with E-state index in [9.17, 15) is 9.59 Å². The van der Waals surface area contributed by atoms with Crippen molar-refractivity contribution < 1.29 is 19.1 Å². The van der Waals surface area contributed by atoms with Gasteiger partial charge < -0.3 is 9.47 Å². The zero-order valence-corrected chi connectivity index (χ0v) is 16.4. The van der Waals surface area contributed by atoms with Crippen LogP contribution >= 0.6 is 11.6 Å². The summed E-state index contributed by atoms with van der Waals surface area (Å²) in [7, 11) is 0. The molecule has 6 nitrogen and oxygen atoms in total. The molecule has 3 rings (SSSR count). The Morgan fingerprint density at radius 2 is 2.11 bits per heavy atom. The van der Waals surface area contributed by atoms with Crippen molar-refractivity contribution in [2.45, 2.75) is 26.4 Å². The molecule has 1 aliphatic heterocycles. The van der Waals surface area contributed by atoms with E-state index in [0.29, 0.717) is 22.9 Å². The fourth-order valence-corrected chi connectivity index (χ4v) is 3.08. The Labute approximate surface area is 168 Å². The van der Waals surface area contributed by atoms with Gasteiger partial charge in [0.15, 0.2) is 0 Å². The minimum atomic E-state index is -0.479. The fourth-order valence-electron chi connectivity index (χ4n) is 2.89. The molecule has 0 saturated heterocycles. The van der Waals surface area contributed by atoms with E-state index < -0.39 is 11.8 Å². The molecule has 0 fully saturated rings. The molecule has 1 heterocycles. The largest absolute Gasteiger partial charge is 0.493 e. The molecule has 0 aliphatic carbocycles. The minimum Gasteiger partial charge on any atom is -0.493 e. The predicted molar refractivity (Wildman–Crippen MR) is 107 cm³/mol. The summed E-state index contributed by atoms with van der Waals surface area (Å²) in [4.78, 5) is 24.1. The molecule has 2 N–H and O–H groups in total. The van der Waals surface area contributed by atoms with Crippen molar-refractivity contribution in [3.63, 3.8) is 0 Å². The van der Waals surface area contributed by atoms with Gasteiger partial charge >= 0.3 is 0 Å². The van der Waals surface area contributed by atoms with Gasteiger partial charge in [0.1, 0.15) is 17.6 Å². The van der Waals surface area contributed by atoms with Crippen LogP contribution in [0.15, 0.2) is 42.5 Å². The van der Waals surface area contributed by atoms with E-state index in [-0.39, 0.29) is 6.10 Å². The van der Waals surface area contributed by atoms with Gasteiger partial charge in [0.25, 0.3) is 11.8 Å². The SMILES string of the molecule is CCOc1cc2c(cc1/C=C/C(=O)NNC(=O)c1cccc(Cl)c1)O[C@H](C)C2. The fraction of sp³-hybridized carbons (Fsp3) is 0.238. The van der Waals surface area contributed by atoms with Crippen LogP contribution in [0.25, 0.3) is 6.08 Å². The first-order valence-corrected chi connectivity index (χ1v) is 9.34. The van der Waals surface area contributed by atoms with Crippen LogP contribution in [0.5, 0.6) is 11.5 Å². The summed E-state index contributed by atoms with van der Waals surface area (Å²) >= 11 is 5.86. The number of halogens is 1. The van der Waals surface area contributed by atoms with Crippen LogP contribution in [0.1, 0.15) is 35.3 Å². The second-order valence-electron chi connectivity index (χ2n) is 6.35. The number of benzene rings is 2. The summed E-state index contributed by atoms with van der Waals surface area (Å²) in [6.07, 6.45) is 3.89. The van der Waals surface area contributed by atoms with Crippen molar-refractivity contribution in [2.75, 3.05) is 6.61 Å². The van der Waals surface area contributed by atoms with E-state index in [4.69, 9.17) is 21.1 Å². The lowest BCUT2D eigenvalue weighted by molar-refractivity contribution is -0.117. The highest BCUT2D eigenvalue weighted by Crippen LogP contribution is 2.35. The summed E-state index contributed by atoms with van der Waals surface area (Å²) in [5.74, 6) is 0.544. The maximum Gasteiger partial charge on any atom is 0.269 e. The van der Waals surface area contributed by atoms with Gasteiger partial charge in [-0.05, 0) is 50.3 Å². The van der Waals surface area contributed by atoms with Crippen LogP contribution < -0.4 is 20.3 Å². The van der Waals surface area contributed by atoms with E-state index in [1.54, 1.807) is 24.3 Å². The average Bonchev–Trinajstić information content (AvgIpc) is 3.03. The van der Waals surface area contributed by atoms with Crippen LogP contribution in [0.4, 0.5) is 0 Å². The molecule has 0 aromatic heterocycles. The zero-order chi connectivity index (χ0) is 20.1. The molecule has 7 heteroatoms. The number of hydrogen-bond donors (Lipinski definition) is 2. The van der Waals surface area contributed by atoms with Crippen LogP contribution in [0, 0.1) is 0 Å². The maximum atomic E-state index is 12.1. The van der Waals surface area contributed by atoms with Crippen molar-refractivity contribution in [3.8, 4) is 11.5 Å². The van der Waals surface area contributed by atoms with Gasteiger partial charge in [-0.1, -0.05) is 17.7 Å². The Hall–Kier alpha value is -2.99. The first kappa shape index (κ1) is 19.8. The smallest absolute Gasteiger partial charge is 0.269 e. The highest BCUT2D eigenvalue weighted by atomic mass is 35.5. The molecule has 0 spiro atoms. The predicted octanol–water partition coefficient (Wildman–Crippen LogP) is 3.54. The molecular weight excluding hydrogens is 380 g/mol. The maximum absolute atomic E-state index is 12.1. The third-order valence-corrected chi connectivity index (χ3v) is 4.36. The van der Waals surface area contributed by atoms with Gasteiger partial charge in [0, 0.05) is 34.2 Å². The molecule has 2 aromatic carbocycles. The summed E-state index contributed by atoms with van der Waals surface area (Å²) < 4.78 is 11.4. The van der Waals surface area contributed by atoms with Crippen molar-refractivity contribution in [1.29, 1.82) is 0 Å². The lowest BCUT2D eigenvalue weighted by Crippen LogP contribution is -2.40. The number of hydrogen-bond acceptors (Lipinski definition) is 4. The van der Waals surface area contributed by atoms with Gasteiger partial charge in [-0.2, -0.15) is 0 Å². The van der Waals surface area contributed by atoms with Crippen LogP contribution in [-0.2, 0) is 11.2 Å². The summed E-state index contributed by atoms with van der Waals surface area (Å²) in [6, 6.07) is 10.2. The van der Waals surface area contributed by atoms with Crippen molar-refractivity contribution in [2.24, 2.45) is 0 Å². The number of carbonyl (C=O) groups is 2. The monoisotopic (exact) mass is 400 g/mol. The van der Waals surface area contributed by atoms with Gasteiger partial charge in [-0.15, -0.1) is 0 Å². The molecule has 0 saturated carbocycles. The third kappa shape index (κ3) is 4.84. The highest BCUT2D eigenvalue weighted by Gasteiger charge is 2.21. The van der Waals surface area contributed by atoms with E-state index in [2.05, 4.69) is 10.9 Å². The lowest BCUT2D eigenvalue weighted by Gasteiger charge is -2.10. The Bertz CT molecular complexity index is 927. The van der Waals surface area contributed by atoms with E-state index in [0.717, 1.165) is 23.3 Å². The first-order valence-electron chi connectivity index (χ1n) is 8.96. The minimum absolute atomic E-state index is 0.119. The number of hydrazine groups is 1. The average molecular weight is 401 g/mol. The molecule has 1 atom stereocenters. The zero-order valence-electron chi connectivity index (χ0n) is 15.6. The molecule has 2 amide bonds. The van der Waals surface area contributed by atoms with Crippen molar-refractivity contribution in [3.05, 3.63) is 64.2 Å². The molecule has 146 valence electrons. The number of rotatable bonds is 5. The highest BCUT2D eigenvalue weighted by molar-refractivity contribution is 6.30. The number of fused-ring (bicyclic) bond motifs is 1. The van der Waals surface area contributed by atoms with Crippen molar-refractivity contribution in [1.82, 2.24) is 10.9 Å². The van der Waals surface area contributed by atoms with Gasteiger partial charge in [-0.3, -0.25) is 20.4 Å². The van der Waals surface area contributed by atoms with Crippen molar-refractivity contribution >= 4 is 29.5 Å². The number of carbonyl (C=O) groups excluding carboxylic acids is 2. The van der Waals surface area contributed by atoms with E-state index in [1.807, 2.05) is 26.0 Å². The molecule has 0 radical (unpaired) electrons. The first-order chi connectivity index (χ1) is 13.5. The normalized spacial score (nSPS) is 15.0. The van der Waals surface area contributed by atoms with Crippen LogP contribution in [-0.4, -0.2) is 24.5 Å². The van der Waals surface area contributed by atoms with Gasteiger partial charge in [0.05, 0.1) is 6.61 Å². The summed E-state index contributed by atoms with van der Waals surface area (Å²) in [5.41, 5.74) is 6.85. The Morgan fingerprint density at radius 1 is 1.29 bits per heavy atom.